The molecule has 0 N–H and O–H groups in total. The summed E-state index contributed by atoms with van der Waals surface area (Å²) >= 11 is 0. The summed E-state index contributed by atoms with van der Waals surface area (Å²) in [7, 11) is 0. The average Bonchev–Trinajstić information content (AvgIpc) is 4.58. The topological polar surface area (TPSA) is 0 Å². The van der Waals surface area contributed by atoms with Crippen molar-refractivity contribution in [2.75, 3.05) is 0 Å². The number of hydrogen-bond acceptors (Lipinski definition) is 0. The normalized spacial score (nSPS) is 21.1. The van der Waals surface area contributed by atoms with Crippen molar-refractivity contribution in [2.45, 2.75) is 487 Å². The van der Waals surface area contributed by atoms with Gasteiger partial charge in [0, 0.05) is 0 Å². The van der Waals surface area contributed by atoms with Gasteiger partial charge in [0.1, 0.15) is 0 Å². The maximum Gasteiger partial charge on any atom is -0.0354 e. The van der Waals surface area contributed by atoms with Gasteiger partial charge in [-0.25, -0.2) is 0 Å². The van der Waals surface area contributed by atoms with Gasteiger partial charge in [-0.05, 0) is 124 Å². The largest absolute Gasteiger partial charge is 0.0654 e. The SMILES string of the molecule is CC(C)C(C)(C)C.CC1(C)CCCC1.CC1CCCCC1.CC1CCC[C@H]1C.CC1CC[C@@H](C)C1.CCC(C)(C)CC.CCC(C)(C)CC.CCC(C)C(C)C.CCC(C)C(C)C.CCC(CC)CC.CCC1CCCC1.CCCC(C)CC.CCCC1CCC1. The molecule has 6 aliphatic carbocycles. The van der Waals surface area contributed by atoms with Crippen LogP contribution in [0.25, 0.3) is 0 Å². The van der Waals surface area contributed by atoms with Crippen molar-refractivity contribution in [3.63, 3.8) is 0 Å². The van der Waals surface area contributed by atoms with E-state index in [1.54, 1.807) is 0 Å². The monoisotopic (exact) mass is 1290 g/mol. The highest BCUT2D eigenvalue weighted by atomic mass is 14.3. The molecule has 5 unspecified atom stereocenters. The minimum absolute atomic E-state index is 0.500. The van der Waals surface area contributed by atoms with Crippen molar-refractivity contribution >= 4 is 0 Å². The Kier molecular flexibility index (Phi) is 77.1. The molecule has 6 rings (SSSR count). The lowest BCUT2D eigenvalue weighted by Gasteiger charge is -2.24. The lowest BCUT2D eigenvalue weighted by molar-refractivity contribution is 0.283. The van der Waals surface area contributed by atoms with Crippen LogP contribution in [0.2, 0.25) is 0 Å². The molecule has 0 aliphatic heterocycles. The molecule has 7 atom stereocenters. The minimum Gasteiger partial charge on any atom is -0.0654 e. The Morgan fingerprint density at radius 2 is 0.703 bits per heavy atom. The second-order valence-electron chi connectivity index (χ2n) is 36.1. The highest BCUT2D eigenvalue weighted by Gasteiger charge is 2.22. The molecular formula is C91H196. The van der Waals surface area contributed by atoms with E-state index >= 15 is 0 Å². The second-order valence-corrected chi connectivity index (χ2v) is 36.1. The standard InChI is InChI=1S/6C7H14.7C7H16/c1-6-3-4-7(2)5-6;1-7(2)5-3-4-6-7;1-6-4-3-5-7(6)2;1-7-5-3-2-4-6-7;1-2-7-5-3-4-6-7;1-2-4-7-5-3-6-7;1-6(2)7(3,4)5;2*1-5-7(3,4)6-2;2*1-5-7(4)6(2)3;1-4-6-7(3)5-2;1-4-7(5-2)6-3/h6-7H,3-5H2,1-2H3;3-6H2,1-2H3;6-7H,3-5H2,1-2H3;3*7H,2-6H2,1H3;6H,1-5H3;2*5-6H2,1-4H3;2*6-7H,5H2,1-4H3;2*7H,4-6H2,1-3H3/t6-,7?;;6-,7?;;;;;;;;;;/m1.1........../s1. The predicted molar refractivity (Wildman–Crippen MR) is 434 cm³/mol. The van der Waals surface area contributed by atoms with Crippen molar-refractivity contribution in [3.8, 4) is 0 Å². The summed E-state index contributed by atoms with van der Waals surface area (Å²) in [5, 5.41) is 0. The van der Waals surface area contributed by atoms with Crippen LogP contribution in [0.15, 0.2) is 0 Å². The van der Waals surface area contributed by atoms with Gasteiger partial charge in [0.25, 0.3) is 0 Å². The molecule has 6 fully saturated rings. The van der Waals surface area contributed by atoms with Crippen LogP contribution in [0.1, 0.15) is 487 Å². The van der Waals surface area contributed by atoms with Gasteiger partial charge in [-0.15, -0.1) is 0 Å². The fourth-order valence-corrected chi connectivity index (χ4v) is 11.1. The van der Waals surface area contributed by atoms with Crippen LogP contribution in [0, 0.1) is 105 Å². The van der Waals surface area contributed by atoms with Crippen LogP contribution < -0.4 is 0 Å². The van der Waals surface area contributed by atoms with Crippen LogP contribution in [-0.2, 0) is 0 Å². The van der Waals surface area contributed by atoms with Crippen LogP contribution in [0.3, 0.4) is 0 Å². The Morgan fingerprint density at radius 1 is 0.363 bits per heavy atom. The number of hydrogen-bond donors (Lipinski definition) is 0. The molecule has 0 radical (unpaired) electrons. The summed E-state index contributed by atoms with van der Waals surface area (Å²) in [4.78, 5) is 0. The zero-order chi connectivity index (χ0) is 72.2. The van der Waals surface area contributed by atoms with E-state index in [1.165, 1.54) is 238 Å². The first-order valence-corrected chi connectivity index (χ1v) is 42.3. The summed E-state index contributed by atoms with van der Waals surface area (Å²) in [5.41, 5.74) is 2.36. The zero-order valence-corrected chi connectivity index (χ0v) is 72.2. The molecule has 0 saturated heterocycles. The van der Waals surface area contributed by atoms with Gasteiger partial charge >= 0.3 is 0 Å². The van der Waals surface area contributed by atoms with Gasteiger partial charge in [-0.2, -0.15) is 0 Å². The first kappa shape index (κ1) is 104. The molecule has 0 spiro atoms. The second kappa shape index (κ2) is 67.2. The molecule has 0 heterocycles. The van der Waals surface area contributed by atoms with Gasteiger partial charge in [-0.1, -0.05) is 468 Å². The van der Waals surface area contributed by atoms with E-state index in [2.05, 4.69) is 249 Å². The molecule has 0 heteroatoms. The molecule has 6 saturated carbocycles. The Bertz CT molecular complexity index is 1230. The average molecular weight is 1290 g/mol. The first-order chi connectivity index (χ1) is 42.3. The summed E-state index contributed by atoms with van der Waals surface area (Å²) in [6, 6.07) is 0. The Labute approximate surface area is 588 Å². The van der Waals surface area contributed by atoms with E-state index in [9.17, 15) is 0 Å². The van der Waals surface area contributed by atoms with Crippen molar-refractivity contribution in [1.29, 1.82) is 0 Å². The summed E-state index contributed by atoms with van der Waals surface area (Å²) in [6.45, 7) is 82.3. The highest BCUT2D eigenvalue weighted by Crippen LogP contribution is 2.36. The third-order valence-corrected chi connectivity index (χ3v) is 24.4. The van der Waals surface area contributed by atoms with E-state index in [-0.39, 0.29) is 0 Å². The molecule has 0 amide bonds. The lowest BCUT2D eigenvalue weighted by Crippen LogP contribution is -2.12. The molecule has 0 aromatic heterocycles. The van der Waals surface area contributed by atoms with Crippen molar-refractivity contribution in [1.82, 2.24) is 0 Å². The van der Waals surface area contributed by atoms with Gasteiger partial charge < -0.3 is 0 Å². The molecule has 0 nitrogen and oxygen atoms in total. The summed E-state index contributed by atoms with van der Waals surface area (Å²) in [5.74, 6) is 13.6. The van der Waals surface area contributed by atoms with Crippen LogP contribution in [0.5, 0.6) is 0 Å². The Hall–Kier alpha value is 0. The highest BCUT2D eigenvalue weighted by molar-refractivity contribution is 4.75. The maximum atomic E-state index is 2.36. The molecule has 91 heavy (non-hydrogen) atoms. The maximum absolute atomic E-state index is 2.36. The fraction of sp³-hybridized carbons (Fsp3) is 1.00. The molecule has 0 aromatic rings. The van der Waals surface area contributed by atoms with Gasteiger partial charge in [-0.3, -0.25) is 0 Å². The first-order valence-electron chi connectivity index (χ1n) is 42.3. The Balaban J connectivity index is -0.000000168. The fourth-order valence-electron chi connectivity index (χ4n) is 11.1. The van der Waals surface area contributed by atoms with Gasteiger partial charge in [0.2, 0.25) is 0 Å². The van der Waals surface area contributed by atoms with Crippen LogP contribution in [0.4, 0.5) is 0 Å². The molecular weight excluding hydrogens is 1090 g/mol. The minimum atomic E-state index is 0.500. The Morgan fingerprint density at radius 3 is 0.802 bits per heavy atom. The smallest absolute Gasteiger partial charge is 0.0354 e. The van der Waals surface area contributed by atoms with Gasteiger partial charge in [0.05, 0.1) is 0 Å². The predicted octanol–water partition coefficient (Wildman–Crippen LogP) is 34.6. The molecule has 0 bridgehead atoms. The van der Waals surface area contributed by atoms with Gasteiger partial charge in [0.15, 0.2) is 0 Å². The molecule has 6 aliphatic rings. The summed E-state index contributed by atoms with van der Waals surface area (Å²) in [6.07, 6.45) is 52.9. The van der Waals surface area contributed by atoms with Crippen molar-refractivity contribution in [3.05, 3.63) is 0 Å². The van der Waals surface area contributed by atoms with Crippen LogP contribution in [-0.4, -0.2) is 0 Å². The van der Waals surface area contributed by atoms with E-state index < -0.39 is 0 Å². The van der Waals surface area contributed by atoms with Crippen molar-refractivity contribution in [2.24, 2.45) is 105 Å². The van der Waals surface area contributed by atoms with E-state index in [0.29, 0.717) is 21.7 Å². The lowest BCUT2D eigenvalue weighted by atomic mass is 9.82. The van der Waals surface area contributed by atoms with E-state index in [4.69, 9.17) is 0 Å². The van der Waals surface area contributed by atoms with Crippen LogP contribution >= 0.6 is 0 Å². The molecule has 0 aromatic carbocycles. The van der Waals surface area contributed by atoms with E-state index in [1.807, 2.05) is 0 Å². The van der Waals surface area contributed by atoms with E-state index in [0.717, 1.165) is 82.9 Å². The zero-order valence-electron chi connectivity index (χ0n) is 72.2. The van der Waals surface area contributed by atoms with Crippen molar-refractivity contribution < 1.29 is 0 Å². The third kappa shape index (κ3) is 77.2. The summed E-state index contributed by atoms with van der Waals surface area (Å²) < 4.78 is 0. The quantitative estimate of drug-likeness (QED) is 0.136. The third-order valence-electron chi connectivity index (χ3n) is 24.4. The molecule has 560 valence electrons. The number of rotatable bonds is 17.